The van der Waals surface area contributed by atoms with Crippen LogP contribution in [0.25, 0.3) is 0 Å². The zero-order valence-corrected chi connectivity index (χ0v) is 11.6. The van der Waals surface area contributed by atoms with Crippen LogP contribution in [0.15, 0.2) is 12.1 Å². The molecule has 1 atom stereocenters. The van der Waals surface area contributed by atoms with Crippen LogP contribution >= 0.6 is 0 Å². The van der Waals surface area contributed by atoms with Crippen molar-refractivity contribution in [3.63, 3.8) is 0 Å². The summed E-state index contributed by atoms with van der Waals surface area (Å²) in [5, 5.41) is 0. The van der Waals surface area contributed by atoms with Gasteiger partial charge in [0, 0.05) is 18.0 Å². The number of rotatable bonds is 6. The SMILES string of the molecule is COc1ccc(C(N)CCC(F)(F)F)c(OC)c1OC. The van der Waals surface area contributed by atoms with E-state index in [0.717, 1.165) is 0 Å². The number of methoxy groups -OCH3 is 3. The molecular weight excluding hydrogens is 275 g/mol. The summed E-state index contributed by atoms with van der Waals surface area (Å²) >= 11 is 0. The van der Waals surface area contributed by atoms with Gasteiger partial charge >= 0.3 is 6.18 Å². The van der Waals surface area contributed by atoms with Gasteiger partial charge in [-0.2, -0.15) is 13.2 Å². The summed E-state index contributed by atoms with van der Waals surface area (Å²) in [4.78, 5) is 0. The van der Waals surface area contributed by atoms with Crippen LogP contribution in [0.3, 0.4) is 0 Å². The number of hydrogen-bond donors (Lipinski definition) is 1. The van der Waals surface area contributed by atoms with Crippen LogP contribution in [-0.2, 0) is 0 Å². The molecule has 0 fully saturated rings. The van der Waals surface area contributed by atoms with Crippen molar-refractivity contribution in [2.45, 2.75) is 25.1 Å². The van der Waals surface area contributed by atoms with Gasteiger partial charge in [-0.15, -0.1) is 0 Å². The fourth-order valence-corrected chi connectivity index (χ4v) is 1.89. The topological polar surface area (TPSA) is 53.7 Å². The molecule has 1 aromatic carbocycles. The maximum atomic E-state index is 12.2. The molecule has 1 unspecified atom stereocenters. The normalized spacial score (nSPS) is 12.9. The minimum Gasteiger partial charge on any atom is -0.493 e. The third kappa shape index (κ3) is 3.93. The average molecular weight is 293 g/mol. The van der Waals surface area contributed by atoms with E-state index in [4.69, 9.17) is 19.9 Å². The van der Waals surface area contributed by atoms with Gasteiger partial charge in [-0.3, -0.25) is 0 Å². The maximum Gasteiger partial charge on any atom is 0.389 e. The first kappa shape index (κ1) is 16.4. The summed E-state index contributed by atoms with van der Waals surface area (Å²) in [6.45, 7) is 0. The van der Waals surface area contributed by atoms with Crippen molar-refractivity contribution in [2.75, 3.05) is 21.3 Å². The molecule has 0 bridgehead atoms. The maximum absolute atomic E-state index is 12.2. The third-order valence-corrected chi connectivity index (χ3v) is 2.87. The molecule has 2 N–H and O–H groups in total. The largest absolute Gasteiger partial charge is 0.493 e. The predicted molar refractivity (Wildman–Crippen MR) is 68.3 cm³/mol. The predicted octanol–water partition coefficient (Wildman–Crippen LogP) is 3.05. The molecule has 1 rings (SSSR count). The molecule has 0 amide bonds. The first-order valence-corrected chi connectivity index (χ1v) is 5.95. The summed E-state index contributed by atoms with van der Waals surface area (Å²) in [7, 11) is 4.28. The highest BCUT2D eigenvalue weighted by Gasteiger charge is 2.29. The molecule has 0 aliphatic carbocycles. The van der Waals surface area contributed by atoms with Crippen LogP contribution in [0.5, 0.6) is 17.2 Å². The van der Waals surface area contributed by atoms with E-state index >= 15 is 0 Å². The second-order valence-corrected chi connectivity index (χ2v) is 4.18. The van der Waals surface area contributed by atoms with Gasteiger partial charge in [0.25, 0.3) is 0 Å². The van der Waals surface area contributed by atoms with Crippen molar-refractivity contribution < 1.29 is 27.4 Å². The zero-order chi connectivity index (χ0) is 15.3. The van der Waals surface area contributed by atoms with Crippen LogP contribution in [0.4, 0.5) is 13.2 Å². The van der Waals surface area contributed by atoms with Crippen LogP contribution in [-0.4, -0.2) is 27.5 Å². The summed E-state index contributed by atoms with van der Waals surface area (Å²) in [5.41, 5.74) is 6.27. The summed E-state index contributed by atoms with van der Waals surface area (Å²) in [6.07, 6.45) is -5.41. The molecule has 0 heterocycles. The van der Waals surface area contributed by atoms with Gasteiger partial charge in [0.15, 0.2) is 11.5 Å². The highest BCUT2D eigenvalue weighted by atomic mass is 19.4. The van der Waals surface area contributed by atoms with Gasteiger partial charge in [-0.1, -0.05) is 0 Å². The molecule has 0 saturated carbocycles. The van der Waals surface area contributed by atoms with E-state index in [1.54, 1.807) is 12.1 Å². The molecule has 0 aliphatic rings. The molecular formula is C13H18F3NO3. The fraction of sp³-hybridized carbons (Fsp3) is 0.538. The Morgan fingerprint density at radius 2 is 1.65 bits per heavy atom. The van der Waals surface area contributed by atoms with E-state index in [1.807, 2.05) is 0 Å². The van der Waals surface area contributed by atoms with Crippen molar-refractivity contribution in [1.82, 2.24) is 0 Å². The van der Waals surface area contributed by atoms with E-state index in [-0.39, 0.29) is 6.42 Å². The van der Waals surface area contributed by atoms with E-state index < -0.39 is 18.6 Å². The number of alkyl halides is 3. The molecule has 114 valence electrons. The Morgan fingerprint density at radius 1 is 1.05 bits per heavy atom. The molecule has 20 heavy (non-hydrogen) atoms. The lowest BCUT2D eigenvalue weighted by Crippen LogP contribution is -2.16. The quantitative estimate of drug-likeness (QED) is 0.876. The van der Waals surface area contributed by atoms with Gasteiger partial charge in [-0.25, -0.2) is 0 Å². The zero-order valence-electron chi connectivity index (χ0n) is 11.6. The number of halogens is 3. The van der Waals surface area contributed by atoms with Gasteiger partial charge in [0.2, 0.25) is 5.75 Å². The van der Waals surface area contributed by atoms with Crippen molar-refractivity contribution in [3.05, 3.63) is 17.7 Å². The lowest BCUT2D eigenvalue weighted by atomic mass is 10.0. The first-order valence-electron chi connectivity index (χ1n) is 5.95. The van der Waals surface area contributed by atoms with Crippen LogP contribution < -0.4 is 19.9 Å². The molecule has 7 heteroatoms. The summed E-state index contributed by atoms with van der Waals surface area (Å²) in [6, 6.07) is 2.37. The molecule has 0 aliphatic heterocycles. The molecule has 0 aromatic heterocycles. The number of hydrogen-bond acceptors (Lipinski definition) is 4. The molecule has 4 nitrogen and oxygen atoms in total. The lowest BCUT2D eigenvalue weighted by molar-refractivity contribution is -0.136. The fourth-order valence-electron chi connectivity index (χ4n) is 1.89. The Morgan fingerprint density at radius 3 is 2.10 bits per heavy atom. The van der Waals surface area contributed by atoms with Crippen molar-refractivity contribution in [3.8, 4) is 17.2 Å². The Kier molecular flexibility index (Phi) is 5.50. The molecule has 0 spiro atoms. The van der Waals surface area contributed by atoms with E-state index in [1.165, 1.54) is 21.3 Å². The standard InChI is InChI=1S/C13H18F3NO3/c1-18-10-5-4-8(11(19-2)12(10)20-3)9(17)6-7-13(14,15)16/h4-5,9H,6-7,17H2,1-3H3. The minimum atomic E-state index is -4.23. The van der Waals surface area contributed by atoms with Crippen molar-refractivity contribution >= 4 is 0 Å². The summed E-state index contributed by atoms with van der Waals surface area (Å²) in [5.74, 6) is 1.03. The van der Waals surface area contributed by atoms with E-state index in [9.17, 15) is 13.2 Å². The number of ether oxygens (including phenoxy) is 3. The monoisotopic (exact) mass is 293 g/mol. The van der Waals surface area contributed by atoms with Crippen molar-refractivity contribution in [1.29, 1.82) is 0 Å². The Bertz CT molecular complexity index is 449. The Hall–Kier alpha value is -1.63. The second kappa shape index (κ2) is 6.69. The van der Waals surface area contributed by atoms with E-state index in [2.05, 4.69) is 0 Å². The molecule has 1 aromatic rings. The van der Waals surface area contributed by atoms with Gasteiger partial charge in [0.05, 0.1) is 21.3 Å². The molecule has 0 saturated heterocycles. The average Bonchev–Trinajstić information content (AvgIpc) is 2.41. The minimum absolute atomic E-state index is 0.227. The highest BCUT2D eigenvalue weighted by Crippen LogP contribution is 2.42. The van der Waals surface area contributed by atoms with Crippen LogP contribution in [0.1, 0.15) is 24.4 Å². The van der Waals surface area contributed by atoms with Crippen LogP contribution in [0.2, 0.25) is 0 Å². The smallest absolute Gasteiger partial charge is 0.389 e. The summed E-state index contributed by atoms with van der Waals surface area (Å²) < 4.78 is 52.2. The number of nitrogens with two attached hydrogens (primary N) is 1. The van der Waals surface area contributed by atoms with Gasteiger partial charge in [-0.05, 0) is 18.6 Å². The van der Waals surface area contributed by atoms with E-state index in [0.29, 0.717) is 22.8 Å². The Balaban J connectivity index is 3.05. The molecule has 0 radical (unpaired) electrons. The number of benzene rings is 1. The second-order valence-electron chi connectivity index (χ2n) is 4.18. The lowest BCUT2D eigenvalue weighted by Gasteiger charge is -2.20. The first-order chi connectivity index (χ1) is 9.34. The third-order valence-electron chi connectivity index (χ3n) is 2.87. The van der Waals surface area contributed by atoms with Gasteiger partial charge < -0.3 is 19.9 Å². The van der Waals surface area contributed by atoms with Gasteiger partial charge in [0.1, 0.15) is 0 Å². The van der Waals surface area contributed by atoms with Crippen molar-refractivity contribution in [2.24, 2.45) is 5.73 Å². The Labute approximate surface area is 115 Å². The highest BCUT2D eigenvalue weighted by molar-refractivity contribution is 5.56. The van der Waals surface area contributed by atoms with Crippen LogP contribution in [0, 0.1) is 0 Å².